The molecular formula is C11H11BrN2O3. The molecule has 90 valence electrons. The van der Waals surface area contributed by atoms with E-state index in [1.165, 1.54) is 4.90 Å². The smallest absolute Gasteiger partial charge is 0.260 e. The highest BCUT2D eigenvalue weighted by Gasteiger charge is 2.31. The summed E-state index contributed by atoms with van der Waals surface area (Å²) in [5.74, 6) is -0.212. The van der Waals surface area contributed by atoms with E-state index in [4.69, 9.17) is 10.5 Å². The van der Waals surface area contributed by atoms with E-state index in [1.807, 2.05) is 0 Å². The third-order valence-electron chi connectivity index (χ3n) is 2.51. The Hall–Kier alpha value is -1.56. The van der Waals surface area contributed by atoms with Crippen molar-refractivity contribution in [2.45, 2.75) is 6.10 Å². The SMILES string of the molecule is NC(=O)C1CN(C(=O)CBr)c2ccccc2O1. The molecule has 1 heterocycles. The van der Waals surface area contributed by atoms with Gasteiger partial charge in [0.2, 0.25) is 5.91 Å². The molecule has 0 bridgehead atoms. The number of nitrogens with two attached hydrogens (primary N) is 1. The second-order valence-corrected chi connectivity index (χ2v) is 4.18. The third-order valence-corrected chi connectivity index (χ3v) is 2.99. The molecule has 0 saturated carbocycles. The Morgan fingerprint density at radius 3 is 2.82 bits per heavy atom. The van der Waals surface area contributed by atoms with Crippen LogP contribution >= 0.6 is 15.9 Å². The monoisotopic (exact) mass is 298 g/mol. The highest BCUT2D eigenvalue weighted by atomic mass is 79.9. The molecule has 1 aromatic rings. The maximum atomic E-state index is 11.8. The molecule has 5 nitrogen and oxygen atoms in total. The molecule has 2 rings (SSSR count). The van der Waals surface area contributed by atoms with E-state index in [2.05, 4.69) is 15.9 Å². The summed E-state index contributed by atoms with van der Waals surface area (Å²) in [5.41, 5.74) is 5.88. The van der Waals surface area contributed by atoms with Crippen LogP contribution in [-0.4, -0.2) is 29.8 Å². The first-order valence-electron chi connectivity index (χ1n) is 5.05. The zero-order valence-corrected chi connectivity index (χ0v) is 10.5. The van der Waals surface area contributed by atoms with Crippen LogP contribution in [0.15, 0.2) is 24.3 Å². The molecule has 0 aromatic heterocycles. The maximum Gasteiger partial charge on any atom is 0.260 e. The Morgan fingerprint density at radius 2 is 2.18 bits per heavy atom. The second kappa shape index (κ2) is 4.75. The minimum absolute atomic E-state index is 0.132. The van der Waals surface area contributed by atoms with E-state index in [0.29, 0.717) is 11.4 Å². The number of rotatable bonds is 2. The number of halogens is 1. The molecule has 2 amide bonds. The topological polar surface area (TPSA) is 72.6 Å². The average molecular weight is 299 g/mol. The molecule has 0 spiro atoms. The number of primary amides is 1. The number of benzene rings is 1. The summed E-state index contributed by atoms with van der Waals surface area (Å²) in [6, 6.07) is 7.06. The lowest BCUT2D eigenvalue weighted by atomic mass is 10.2. The number of carbonyl (C=O) groups is 2. The quantitative estimate of drug-likeness (QED) is 0.815. The number of hydrogen-bond acceptors (Lipinski definition) is 3. The van der Waals surface area contributed by atoms with Crippen molar-refractivity contribution >= 4 is 33.4 Å². The molecule has 1 atom stereocenters. The molecule has 0 fully saturated rings. The van der Waals surface area contributed by atoms with E-state index < -0.39 is 12.0 Å². The first kappa shape index (κ1) is 11.9. The largest absolute Gasteiger partial charge is 0.477 e. The van der Waals surface area contributed by atoms with Crippen molar-refractivity contribution in [3.8, 4) is 5.75 Å². The predicted molar refractivity (Wildman–Crippen MR) is 66.2 cm³/mol. The van der Waals surface area contributed by atoms with Crippen LogP contribution in [-0.2, 0) is 9.59 Å². The lowest BCUT2D eigenvalue weighted by molar-refractivity contribution is -0.125. The van der Waals surface area contributed by atoms with Gasteiger partial charge in [-0.2, -0.15) is 0 Å². The molecule has 17 heavy (non-hydrogen) atoms. The van der Waals surface area contributed by atoms with Crippen LogP contribution in [0.4, 0.5) is 5.69 Å². The summed E-state index contributed by atoms with van der Waals surface area (Å²) in [6.45, 7) is 0.150. The number of para-hydroxylation sites is 2. The predicted octanol–water partition coefficient (Wildman–Crippen LogP) is 0.661. The van der Waals surface area contributed by atoms with Gasteiger partial charge in [-0.05, 0) is 12.1 Å². The van der Waals surface area contributed by atoms with Crippen LogP contribution in [0.1, 0.15) is 0 Å². The zero-order chi connectivity index (χ0) is 12.4. The number of carbonyl (C=O) groups excluding carboxylic acids is 2. The minimum Gasteiger partial charge on any atom is -0.477 e. The van der Waals surface area contributed by atoms with Crippen molar-refractivity contribution in [2.75, 3.05) is 16.8 Å². The van der Waals surface area contributed by atoms with Crippen molar-refractivity contribution in [3.05, 3.63) is 24.3 Å². The fourth-order valence-electron chi connectivity index (χ4n) is 1.69. The van der Waals surface area contributed by atoms with E-state index in [9.17, 15) is 9.59 Å². The molecule has 6 heteroatoms. The van der Waals surface area contributed by atoms with Crippen molar-refractivity contribution in [1.29, 1.82) is 0 Å². The van der Waals surface area contributed by atoms with Crippen molar-refractivity contribution in [3.63, 3.8) is 0 Å². The molecule has 1 aromatic carbocycles. The van der Waals surface area contributed by atoms with Crippen LogP contribution in [0.2, 0.25) is 0 Å². The fraction of sp³-hybridized carbons (Fsp3) is 0.273. The lowest BCUT2D eigenvalue weighted by Gasteiger charge is -2.33. The van der Waals surface area contributed by atoms with E-state index >= 15 is 0 Å². The molecule has 1 unspecified atom stereocenters. The van der Waals surface area contributed by atoms with Gasteiger partial charge in [-0.1, -0.05) is 28.1 Å². The molecule has 0 aliphatic carbocycles. The minimum atomic E-state index is -0.798. The highest BCUT2D eigenvalue weighted by Crippen LogP contribution is 2.33. The van der Waals surface area contributed by atoms with Crippen LogP contribution < -0.4 is 15.4 Å². The van der Waals surface area contributed by atoms with Gasteiger partial charge in [-0.15, -0.1) is 0 Å². The van der Waals surface area contributed by atoms with Gasteiger partial charge in [0.15, 0.2) is 6.10 Å². The zero-order valence-electron chi connectivity index (χ0n) is 8.93. The van der Waals surface area contributed by atoms with Gasteiger partial charge in [0.1, 0.15) is 5.75 Å². The highest BCUT2D eigenvalue weighted by molar-refractivity contribution is 9.09. The molecule has 0 radical (unpaired) electrons. The van der Waals surface area contributed by atoms with Gasteiger partial charge in [-0.25, -0.2) is 0 Å². The summed E-state index contributed by atoms with van der Waals surface area (Å²) in [5, 5.41) is 0.187. The van der Waals surface area contributed by atoms with Crippen molar-refractivity contribution < 1.29 is 14.3 Å². The molecule has 1 aliphatic heterocycles. The summed E-state index contributed by atoms with van der Waals surface area (Å²) >= 11 is 3.11. The summed E-state index contributed by atoms with van der Waals surface area (Å²) < 4.78 is 5.43. The fourth-order valence-corrected chi connectivity index (χ4v) is 1.99. The summed E-state index contributed by atoms with van der Waals surface area (Å²) in [4.78, 5) is 24.4. The van der Waals surface area contributed by atoms with Gasteiger partial charge in [0, 0.05) is 0 Å². The van der Waals surface area contributed by atoms with E-state index in [1.54, 1.807) is 24.3 Å². The number of ether oxygens (including phenoxy) is 1. The van der Waals surface area contributed by atoms with Gasteiger partial charge in [0.05, 0.1) is 17.6 Å². The number of anilines is 1. The Morgan fingerprint density at radius 1 is 1.47 bits per heavy atom. The first-order valence-corrected chi connectivity index (χ1v) is 6.17. The lowest BCUT2D eigenvalue weighted by Crippen LogP contribution is -2.49. The average Bonchev–Trinajstić information content (AvgIpc) is 2.36. The van der Waals surface area contributed by atoms with Gasteiger partial charge < -0.3 is 15.4 Å². The Balaban J connectivity index is 2.39. The van der Waals surface area contributed by atoms with Crippen LogP contribution in [0.3, 0.4) is 0 Å². The van der Waals surface area contributed by atoms with E-state index in [0.717, 1.165) is 0 Å². The van der Waals surface area contributed by atoms with Crippen LogP contribution in [0, 0.1) is 0 Å². The van der Waals surface area contributed by atoms with Crippen LogP contribution in [0.5, 0.6) is 5.75 Å². The standard InChI is InChI=1S/C11H11BrN2O3/c12-5-10(15)14-6-9(11(13)16)17-8-4-2-1-3-7(8)14/h1-4,9H,5-6H2,(H2,13,16). The van der Waals surface area contributed by atoms with Crippen LogP contribution in [0.25, 0.3) is 0 Å². The maximum absolute atomic E-state index is 11.8. The molecule has 2 N–H and O–H groups in total. The number of alkyl halides is 1. The van der Waals surface area contributed by atoms with Crippen molar-refractivity contribution in [2.24, 2.45) is 5.73 Å². The Labute approximate surface area is 107 Å². The molecule has 1 aliphatic rings. The number of fused-ring (bicyclic) bond motifs is 1. The Kier molecular flexibility index (Phi) is 3.33. The first-order chi connectivity index (χ1) is 8.13. The number of hydrogen-bond donors (Lipinski definition) is 1. The molecule has 0 saturated heterocycles. The van der Waals surface area contributed by atoms with Gasteiger partial charge in [0.25, 0.3) is 5.91 Å². The van der Waals surface area contributed by atoms with E-state index in [-0.39, 0.29) is 17.8 Å². The van der Waals surface area contributed by atoms with Gasteiger partial charge in [-0.3, -0.25) is 9.59 Å². The number of amides is 2. The number of nitrogens with zero attached hydrogens (tertiary/aromatic N) is 1. The van der Waals surface area contributed by atoms with Crippen molar-refractivity contribution in [1.82, 2.24) is 0 Å². The second-order valence-electron chi connectivity index (χ2n) is 3.61. The summed E-state index contributed by atoms with van der Waals surface area (Å²) in [7, 11) is 0. The normalized spacial score (nSPS) is 18.2. The van der Waals surface area contributed by atoms with Gasteiger partial charge >= 0.3 is 0 Å². The Bertz CT molecular complexity index is 464. The molecular weight excluding hydrogens is 288 g/mol. The summed E-state index contributed by atoms with van der Waals surface area (Å²) in [6.07, 6.45) is -0.798. The third kappa shape index (κ3) is 2.26.